The number of carbonyl (C=O) groups excluding carboxylic acids is 2. The third kappa shape index (κ3) is 4.72. The van der Waals surface area contributed by atoms with Crippen molar-refractivity contribution in [3.63, 3.8) is 0 Å². The zero-order chi connectivity index (χ0) is 20.3. The van der Waals surface area contributed by atoms with Crippen LogP contribution < -0.4 is 15.5 Å². The molecule has 3 rings (SSSR count). The Labute approximate surface area is 173 Å². The number of hydrogen-bond acceptors (Lipinski definition) is 5. The van der Waals surface area contributed by atoms with Crippen LogP contribution in [0.3, 0.4) is 0 Å². The van der Waals surface area contributed by atoms with Crippen LogP contribution in [0.15, 0.2) is 24.4 Å². The molecular weight excluding hydrogens is 401 g/mol. The van der Waals surface area contributed by atoms with Crippen LogP contribution in [0.1, 0.15) is 47.5 Å². The lowest BCUT2D eigenvalue weighted by atomic mass is 10.1. The molecule has 148 valence electrons. The second-order valence-electron chi connectivity index (χ2n) is 6.83. The zero-order valence-corrected chi connectivity index (χ0v) is 17.1. The highest BCUT2D eigenvalue weighted by molar-refractivity contribution is 6.34. The van der Waals surface area contributed by atoms with Crippen LogP contribution in [0, 0.1) is 0 Å². The van der Waals surface area contributed by atoms with Gasteiger partial charge >= 0.3 is 0 Å². The Morgan fingerprint density at radius 3 is 2.54 bits per heavy atom. The molecule has 1 aromatic carbocycles. The second kappa shape index (κ2) is 8.75. The molecule has 1 saturated heterocycles. The molecule has 0 aliphatic carbocycles. The number of amides is 2. The minimum Gasteiger partial charge on any atom is -0.350 e. The van der Waals surface area contributed by atoms with Gasteiger partial charge in [-0.2, -0.15) is 0 Å². The van der Waals surface area contributed by atoms with Gasteiger partial charge in [0.25, 0.3) is 11.8 Å². The van der Waals surface area contributed by atoms with E-state index in [-0.39, 0.29) is 28.4 Å². The Morgan fingerprint density at radius 1 is 1.14 bits per heavy atom. The van der Waals surface area contributed by atoms with Crippen molar-refractivity contribution < 1.29 is 9.59 Å². The van der Waals surface area contributed by atoms with Crippen molar-refractivity contribution >= 4 is 46.7 Å². The van der Waals surface area contributed by atoms with E-state index in [1.807, 2.05) is 18.7 Å². The summed E-state index contributed by atoms with van der Waals surface area (Å²) in [5.74, 6) is -0.377. The Bertz CT molecular complexity index is 898. The van der Waals surface area contributed by atoms with E-state index in [4.69, 9.17) is 23.2 Å². The molecular formula is C19H21Cl2N5O2. The number of anilines is 2. The number of carbonyl (C=O) groups is 2. The summed E-state index contributed by atoms with van der Waals surface area (Å²) in [7, 11) is 0. The lowest BCUT2D eigenvalue weighted by Gasteiger charge is -2.17. The first kappa shape index (κ1) is 20.4. The van der Waals surface area contributed by atoms with Crippen molar-refractivity contribution in [2.75, 3.05) is 23.3 Å². The molecule has 28 heavy (non-hydrogen) atoms. The van der Waals surface area contributed by atoms with Crippen molar-refractivity contribution in [3.8, 4) is 0 Å². The van der Waals surface area contributed by atoms with Crippen molar-refractivity contribution in [1.82, 2.24) is 15.3 Å². The van der Waals surface area contributed by atoms with Crippen LogP contribution in [0.4, 0.5) is 11.6 Å². The lowest BCUT2D eigenvalue weighted by molar-refractivity contribution is 0.0944. The van der Waals surface area contributed by atoms with Crippen molar-refractivity contribution in [2.24, 2.45) is 0 Å². The van der Waals surface area contributed by atoms with Crippen molar-refractivity contribution in [2.45, 2.75) is 32.7 Å². The van der Waals surface area contributed by atoms with Gasteiger partial charge in [-0.1, -0.05) is 23.2 Å². The van der Waals surface area contributed by atoms with E-state index < -0.39 is 5.91 Å². The summed E-state index contributed by atoms with van der Waals surface area (Å²) in [6.45, 7) is 5.40. The largest absolute Gasteiger partial charge is 0.350 e. The summed E-state index contributed by atoms with van der Waals surface area (Å²) in [5.41, 5.74) is 0.637. The number of aromatic nitrogens is 2. The maximum Gasteiger partial charge on any atom is 0.276 e. The first-order valence-electron chi connectivity index (χ1n) is 9.04. The second-order valence-corrected chi connectivity index (χ2v) is 7.68. The molecule has 1 aromatic heterocycles. The van der Waals surface area contributed by atoms with E-state index in [0.717, 1.165) is 25.9 Å². The summed E-state index contributed by atoms with van der Waals surface area (Å²) in [6, 6.07) is 4.62. The van der Waals surface area contributed by atoms with Gasteiger partial charge in [-0.3, -0.25) is 9.59 Å². The van der Waals surface area contributed by atoms with E-state index >= 15 is 0 Å². The van der Waals surface area contributed by atoms with Gasteiger partial charge in [0.15, 0.2) is 5.69 Å². The first-order valence-corrected chi connectivity index (χ1v) is 9.80. The van der Waals surface area contributed by atoms with Crippen LogP contribution >= 0.6 is 23.2 Å². The average molecular weight is 422 g/mol. The van der Waals surface area contributed by atoms with Crippen LogP contribution in [0.5, 0.6) is 0 Å². The fraction of sp³-hybridized carbons (Fsp3) is 0.368. The highest BCUT2D eigenvalue weighted by atomic mass is 35.5. The van der Waals surface area contributed by atoms with E-state index in [1.54, 1.807) is 12.1 Å². The standard InChI is InChI=1S/C19H21Cl2N5O2/c1-11(2)23-17(27)13-6-5-12(20)9-15(13)24-18(28)16-14(21)10-22-19(25-16)26-7-3-4-8-26/h5-6,9-11H,3-4,7-8H2,1-2H3,(H,23,27)(H,24,28). The molecule has 0 spiro atoms. The molecule has 1 fully saturated rings. The van der Waals surface area contributed by atoms with Crippen molar-refractivity contribution in [1.29, 1.82) is 0 Å². The Balaban J connectivity index is 1.88. The topological polar surface area (TPSA) is 87.2 Å². The molecule has 9 heteroatoms. The fourth-order valence-corrected chi connectivity index (χ4v) is 3.27. The smallest absolute Gasteiger partial charge is 0.276 e. The van der Waals surface area contributed by atoms with Crippen LogP contribution in [0.2, 0.25) is 10.0 Å². The third-order valence-electron chi connectivity index (χ3n) is 4.23. The zero-order valence-electron chi connectivity index (χ0n) is 15.6. The number of benzene rings is 1. The molecule has 2 amide bonds. The molecule has 0 unspecified atom stereocenters. The first-order chi connectivity index (χ1) is 13.3. The number of hydrogen-bond donors (Lipinski definition) is 2. The van der Waals surface area contributed by atoms with Crippen LogP contribution in [-0.2, 0) is 0 Å². The number of nitrogens with one attached hydrogen (secondary N) is 2. The quantitative estimate of drug-likeness (QED) is 0.766. The van der Waals surface area contributed by atoms with Crippen LogP contribution in [-0.4, -0.2) is 40.9 Å². The molecule has 1 aliphatic rings. The molecule has 1 aliphatic heterocycles. The highest BCUT2D eigenvalue weighted by Crippen LogP contribution is 2.24. The summed E-state index contributed by atoms with van der Waals surface area (Å²) >= 11 is 12.2. The molecule has 0 radical (unpaired) electrons. The monoisotopic (exact) mass is 421 g/mol. The van der Waals surface area contributed by atoms with E-state index in [1.165, 1.54) is 12.3 Å². The lowest BCUT2D eigenvalue weighted by Crippen LogP contribution is -2.31. The number of rotatable bonds is 5. The third-order valence-corrected chi connectivity index (χ3v) is 4.74. The molecule has 0 bridgehead atoms. The molecule has 2 aromatic rings. The Morgan fingerprint density at radius 2 is 1.86 bits per heavy atom. The van der Waals surface area contributed by atoms with Crippen LogP contribution in [0.25, 0.3) is 0 Å². The van der Waals surface area contributed by atoms with E-state index in [9.17, 15) is 9.59 Å². The van der Waals surface area contributed by atoms with Gasteiger partial charge in [0.2, 0.25) is 5.95 Å². The molecule has 0 saturated carbocycles. The predicted octanol–water partition coefficient (Wildman–Crippen LogP) is 3.77. The SMILES string of the molecule is CC(C)NC(=O)c1ccc(Cl)cc1NC(=O)c1nc(N2CCCC2)ncc1Cl. The summed E-state index contributed by atoms with van der Waals surface area (Å²) in [5, 5.41) is 6.03. The van der Waals surface area contributed by atoms with Gasteiger partial charge < -0.3 is 15.5 Å². The molecule has 2 heterocycles. The van der Waals surface area contributed by atoms with E-state index in [0.29, 0.717) is 16.5 Å². The summed E-state index contributed by atoms with van der Waals surface area (Å²) in [6.07, 6.45) is 3.54. The predicted molar refractivity (Wildman–Crippen MR) is 110 cm³/mol. The Kier molecular flexibility index (Phi) is 6.36. The van der Waals surface area contributed by atoms with E-state index in [2.05, 4.69) is 20.6 Å². The van der Waals surface area contributed by atoms with Gasteiger partial charge in [0.05, 0.1) is 22.5 Å². The van der Waals surface area contributed by atoms with Gasteiger partial charge in [0, 0.05) is 24.2 Å². The normalized spacial score (nSPS) is 13.7. The van der Waals surface area contributed by atoms with Gasteiger partial charge in [-0.15, -0.1) is 0 Å². The highest BCUT2D eigenvalue weighted by Gasteiger charge is 2.21. The number of halogens is 2. The van der Waals surface area contributed by atoms with Gasteiger partial charge in [0.1, 0.15) is 0 Å². The summed E-state index contributed by atoms with van der Waals surface area (Å²) < 4.78 is 0. The average Bonchev–Trinajstić information content (AvgIpc) is 3.16. The Hall–Kier alpha value is -2.38. The van der Waals surface area contributed by atoms with Gasteiger partial charge in [-0.05, 0) is 44.9 Å². The molecule has 7 nitrogen and oxygen atoms in total. The van der Waals surface area contributed by atoms with Crippen molar-refractivity contribution in [3.05, 3.63) is 45.7 Å². The minimum atomic E-state index is -0.534. The maximum absolute atomic E-state index is 12.8. The fourth-order valence-electron chi connectivity index (χ4n) is 2.93. The molecule has 2 N–H and O–H groups in total. The summed E-state index contributed by atoms with van der Waals surface area (Å²) in [4.78, 5) is 35.8. The maximum atomic E-state index is 12.8. The minimum absolute atomic E-state index is 0.0498. The van der Waals surface area contributed by atoms with Gasteiger partial charge in [-0.25, -0.2) is 9.97 Å². The molecule has 0 atom stereocenters. The number of nitrogens with zero attached hydrogens (tertiary/aromatic N) is 3.